The molecule has 0 unspecified atom stereocenters. The standard InChI is InChI=1S/C16H22BrNO4/c1-10(2)12-8-13(17)11(3)7-14(12)22-9-15(19)18-6-4-5-16(20)21/h7-8,10H,4-6,9H2,1-3H3,(H,18,19)(H,20,21). The molecule has 22 heavy (non-hydrogen) atoms. The van der Waals surface area contributed by atoms with E-state index >= 15 is 0 Å². The number of hydrogen-bond acceptors (Lipinski definition) is 3. The van der Waals surface area contributed by atoms with Crippen LogP contribution in [0.5, 0.6) is 5.75 Å². The van der Waals surface area contributed by atoms with Gasteiger partial charge in [0.15, 0.2) is 6.61 Å². The maximum Gasteiger partial charge on any atom is 0.303 e. The van der Waals surface area contributed by atoms with Gasteiger partial charge in [-0.1, -0.05) is 29.8 Å². The Balaban J connectivity index is 2.55. The lowest BCUT2D eigenvalue weighted by Gasteiger charge is -2.16. The maximum absolute atomic E-state index is 11.7. The van der Waals surface area contributed by atoms with Gasteiger partial charge in [0.05, 0.1) is 0 Å². The Kier molecular flexibility index (Phi) is 7.38. The van der Waals surface area contributed by atoms with E-state index in [2.05, 4.69) is 35.1 Å². The maximum atomic E-state index is 11.7. The van der Waals surface area contributed by atoms with Crippen LogP contribution in [0.25, 0.3) is 0 Å². The van der Waals surface area contributed by atoms with E-state index in [-0.39, 0.29) is 24.9 Å². The molecule has 2 N–H and O–H groups in total. The number of rotatable bonds is 8. The average molecular weight is 372 g/mol. The fourth-order valence-electron chi connectivity index (χ4n) is 1.91. The molecule has 0 saturated heterocycles. The minimum Gasteiger partial charge on any atom is -0.483 e. The molecule has 0 atom stereocenters. The normalized spacial score (nSPS) is 10.6. The molecule has 0 bridgehead atoms. The number of nitrogens with one attached hydrogen (secondary N) is 1. The number of carbonyl (C=O) groups excluding carboxylic acids is 1. The Labute approximate surface area is 139 Å². The molecule has 0 aliphatic carbocycles. The molecule has 5 nitrogen and oxygen atoms in total. The van der Waals surface area contributed by atoms with Crippen molar-refractivity contribution in [1.29, 1.82) is 0 Å². The van der Waals surface area contributed by atoms with Crippen LogP contribution in [0.1, 0.15) is 43.7 Å². The zero-order valence-electron chi connectivity index (χ0n) is 13.1. The average Bonchev–Trinajstić information content (AvgIpc) is 2.44. The topological polar surface area (TPSA) is 75.6 Å². The van der Waals surface area contributed by atoms with Gasteiger partial charge in [-0.15, -0.1) is 0 Å². The summed E-state index contributed by atoms with van der Waals surface area (Å²) in [6, 6.07) is 3.93. The fraction of sp³-hybridized carbons (Fsp3) is 0.500. The molecular formula is C16H22BrNO4. The van der Waals surface area contributed by atoms with E-state index in [9.17, 15) is 9.59 Å². The van der Waals surface area contributed by atoms with Gasteiger partial charge in [-0.3, -0.25) is 9.59 Å². The Bertz CT molecular complexity index is 543. The third-order valence-corrected chi connectivity index (χ3v) is 4.02. The van der Waals surface area contributed by atoms with Gasteiger partial charge in [-0.2, -0.15) is 0 Å². The highest BCUT2D eigenvalue weighted by molar-refractivity contribution is 9.10. The lowest BCUT2D eigenvalue weighted by Crippen LogP contribution is -2.30. The van der Waals surface area contributed by atoms with Crippen LogP contribution in [0.15, 0.2) is 16.6 Å². The highest BCUT2D eigenvalue weighted by Crippen LogP contribution is 2.32. The number of carboxylic acids is 1. The second-order valence-corrected chi connectivity index (χ2v) is 6.28. The zero-order valence-corrected chi connectivity index (χ0v) is 14.7. The molecule has 0 spiro atoms. The first-order valence-corrected chi connectivity index (χ1v) is 8.02. The molecule has 0 radical (unpaired) electrons. The van der Waals surface area contributed by atoms with E-state index in [1.165, 1.54) is 0 Å². The van der Waals surface area contributed by atoms with Gasteiger partial charge in [-0.25, -0.2) is 0 Å². The van der Waals surface area contributed by atoms with Crippen LogP contribution in [-0.4, -0.2) is 30.1 Å². The van der Waals surface area contributed by atoms with Crippen molar-refractivity contribution in [3.8, 4) is 5.75 Å². The first-order chi connectivity index (χ1) is 10.3. The number of aryl methyl sites for hydroxylation is 1. The molecule has 1 aromatic carbocycles. The van der Waals surface area contributed by atoms with Crippen LogP contribution in [0, 0.1) is 6.92 Å². The molecule has 1 amide bonds. The van der Waals surface area contributed by atoms with Crippen molar-refractivity contribution in [1.82, 2.24) is 5.32 Å². The molecule has 0 aliphatic heterocycles. The Hall–Kier alpha value is -1.56. The van der Waals surface area contributed by atoms with Crippen LogP contribution >= 0.6 is 15.9 Å². The molecule has 1 aromatic rings. The van der Waals surface area contributed by atoms with Gasteiger partial charge >= 0.3 is 5.97 Å². The van der Waals surface area contributed by atoms with E-state index < -0.39 is 5.97 Å². The smallest absolute Gasteiger partial charge is 0.303 e. The van der Waals surface area contributed by atoms with Crippen LogP contribution in [0.4, 0.5) is 0 Å². The summed E-state index contributed by atoms with van der Waals surface area (Å²) in [4.78, 5) is 22.1. The highest BCUT2D eigenvalue weighted by atomic mass is 79.9. The number of ether oxygens (including phenoxy) is 1. The molecule has 0 heterocycles. The number of hydrogen-bond donors (Lipinski definition) is 2. The van der Waals surface area contributed by atoms with E-state index in [1.807, 2.05) is 19.1 Å². The van der Waals surface area contributed by atoms with Crippen molar-refractivity contribution in [2.24, 2.45) is 0 Å². The summed E-state index contributed by atoms with van der Waals surface area (Å²) in [6.45, 7) is 6.36. The molecule has 6 heteroatoms. The van der Waals surface area contributed by atoms with Gasteiger partial charge in [0.25, 0.3) is 5.91 Å². The van der Waals surface area contributed by atoms with Gasteiger partial charge < -0.3 is 15.2 Å². The number of amides is 1. The number of carboxylic acid groups (broad SMARTS) is 1. The van der Waals surface area contributed by atoms with Crippen molar-refractivity contribution in [3.63, 3.8) is 0 Å². The summed E-state index contributed by atoms with van der Waals surface area (Å²) >= 11 is 3.50. The molecule has 0 aromatic heterocycles. The largest absolute Gasteiger partial charge is 0.483 e. The number of halogens is 1. The minimum absolute atomic E-state index is 0.0462. The summed E-state index contributed by atoms with van der Waals surface area (Å²) in [5, 5.41) is 11.2. The third kappa shape index (κ3) is 6.05. The van der Waals surface area contributed by atoms with E-state index in [0.717, 1.165) is 15.6 Å². The quantitative estimate of drug-likeness (QED) is 0.687. The monoisotopic (exact) mass is 371 g/mol. The Morgan fingerprint density at radius 3 is 2.64 bits per heavy atom. The molecule has 0 aliphatic rings. The van der Waals surface area contributed by atoms with E-state index in [0.29, 0.717) is 18.7 Å². The summed E-state index contributed by atoms with van der Waals surface area (Å²) in [5.74, 6) is -0.125. The van der Waals surface area contributed by atoms with E-state index in [4.69, 9.17) is 9.84 Å². The Morgan fingerprint density at radius 1 is 1.36 bits per heavy atom. The lowest BCUT2D eigenvalue weighted by atomic mass is 10.0. The predicted octanol–water partition coefficient (Wildman–Crippen LogP) is 3.24. The summed E-state index contributed by atoms with van der Waals surface area (Å²) < 4.78 is 6.64. The van der Waals surface area contributed by atoms with Gasteiger partial charge in [0.1, 0.15) is 5.75 Å². The lowest BCUT2D eigenvalue weighted by molar-refractivity contribution is -0.137. The first kappa shape index (κ1) is 18.5. The zero-order chi connectivity index (χ0) is 16.7. The van der Waals surface area contributed by atoms with Crippen molar-refractivity contribution in [2.75, 3.05) is 13.2 Å². The van der Waals surface area contributed by atoms with Crippen LogP contribution in [0.2, 0.25) is 0 Å². The minimum atomic E-state index is -0.864. The number of aliphatic carboxylic acids is 1. The van der Waals surface area contributed by atoms with Crippen LogP contribution in [0.3, 0.4) is 0 Å². The number of carbonyl (C=O) groups is 2. The molecule has 1 rings (SSSR count). The second kappa shape index (κ2) is 8.78. The predicted molar refractivity (Wildman–Crippen MR) is 88.3 cm³/mol. The fourth-order valence-corrected chi connectivity index (χ4v) is 2.27. The second-order valence-electron chi connectivity index (χ2n) is 5.43. The highest BCUT2D eigenvalue weighted by Gasteiger charge is 2.12. The summed E-state index contributed by atoms with van der Waals surface area (Å²) in [5.41, 5.74) is 2.08. The van der Waals surface area contributed by atoms with E-state index in [1.54, 1.807) is 0 Å². The number of benzene rings is 1. The van der Waals surface area contributed by atoms with Crippen molar-refractivity contribution in [3.05, 3.63) is 27.7 Å². The molecular weight excluding hydrogens is 350 g/mol. The van der Waals surface area contributed by atoms with Crippen molar-refractivity contribution >= 4 is 27.8 Å². The third-order valence-electron chi connectivity index (χ3n) is 3.16. The Morgan fingerprint density at radius 2 is 2.05 bits per heavy atom. The van der Waals surface area contributed by atoms with Gasteiger partial charge in [0, 0.05) is 17.4 Å². The van der Waals surface area contributed by atoms with Crippen molar-refractivity contribution < 1.29 is 19.4 Å². The van der Waals surface area contributed by atoms with Gasteiger partial charge in [-0.05, 0) is 42.5 Å². The molecule has 0 saturated carbocycles. The van der Waals surface area contributed by atoms with Crippen molar-refractivity contribution in [2.45, 2.75) is 39.5 Å². The SMILES string of the molecule is Cc1cc(OCC(=O)NCCCC(=O)O)c(C(C)C)cc1Br. The van der Waals surface area contributed by atoms with Crippen LogP contribution < -0.4 is 10.1 Å². The molecule has 0 fully saturated rings. The molecule has 122 valence electrons. The van der Waals surface area contributed by atoms with Gasteiger partial charge in [0.2, 0.25) is 0 Å². The first-order valence-electron chi connectivity index (χ1n) is 7.22. The van der Waals surface area contributed by atoms with Crippen LogP contribution in [-0.2, 0) is 9.59 Å². The summed E-state index contributed by atoms with van der Waals surface area (Å²) in [6.07, 6.45) is 0.459. The summed E-state index contributed by atoms with van der Waals surface area (Å²) in [7, 11) is 0.